The maximum atomic E-state index is 5.51. The van der Waals surface area contributed by atoms with E-state index in [-0.39, 0.29) is 11.0 Å². The van der Waals surface area contributed by atoms with Crippen LogP contribution >= 0.6 is 11.6 Å². The van der Waals surface area contributed by atoms with Crippen LogP contribution in [0.3, 0.4) is 0 Å². The zero-order valence-electron chi connectivity index (χ0n) is 7.09. The van der Waals surface area contributed by atoms with E-state index in [2.05, 4.69) is 0 Å². The average molecular weight is 202 g/mol. The minimum absolute atomic E-state index is 0.125. The van der Waals surface area contributed by atoms with Gasteiger partial charge in [-0.3, -0.25) is 0 Å². The minimum Gasteiger partial charge on any atom is -0.493 e. The third-order valence-electron chi connectivity index (χ3n) is 1.56. The van der Waals surface area contributed by atoms with Crippen molar-refractivity contribution in [2.75, 3.05) is 6.61 Å². The van der Waals surface area contributed by atoms with Crippen molar-refractivity contribution >= 4 is 11.6 Å². The molecule has 4 nitrogen and oxygen atoms in total. The van der Waals surface area contributed by atoms with Gasteiger partial charge in [0.25, 0.3) is 0 Å². The average Bonchev–Trinajstić information content (AvgIpc) is 2.50. The number of rotatable bonds is 2. The van der Waals surface area contributed by atoms with E-state index in [1.54, 1.807) is 0 Å². The van der Waals surface area contributed by atoms with Crippen molar-refractivity contribution in [3.8, 4) is 0 Å². The first kappa shape index (κ1) is 9.80. The van der Waals surface area contributed by atoms with Gasteiger partial charge in [-0.15, -0.1) is 0 Å². The van der Waals surface area contributed by atoms with Crippen LogP contribution in [0, 0.1) is 0 Å². The number of halogens is 1. The Morgan fingerprint density at radius 1 is 1.46 bits per heavy atom. The zero-order chi connectivity index (χ0) is 9.84. The van der Waals surface area contributed by atoms with Crippen LogP contribution in [0.4, 0.5) is 0 Å². The second-order valence-electron chi connectivity index (χ2n) is 2.60. The van der Waals surface area contributed by atoms with Gasteiger partial charge in [0, 0.05) is 6.42 Å². The molecule has 1 aliphatic rings. The Labute approximate surface area is 81.7 Å². The summed E-state index contributed by atoms with van der Waals surface area (Å²) in [5, 5.41) is 0.125. The van der Waals surface area contributed by atoms with Crippen molar-refractivity contribution in [1.82, 2.24) is 0 Å². The SMILES string of the molecule is NC(N)=C(/C=C(\N)Cl)C1=CCCO1. The Kier molecular flexibility index (Phi) is 3.08. The molecule has 0 atom stereocenters. The van der Waals surface area contributed by atoms with E-state index < -0.39 is 0 Å². The fraction of sp³-hybridized carbons (Fsp3) is 0.250. The highest BCUT2D eigenvalue weighted by atomic mass is 35.5. The minimum atomic E-state index is 0.125. The van der Waals surface area contributed by atoms with Crippen molar-refractivity contribution in [3.63, 3.8) is 0 Å². The third kappa shape index (κ3) is 2.59. The summed E-state index contributed by atoms with van der Waals surface area (Å²) in [5.41, 5.74) is 16.7. The number of hydrogen-bond donors (Lipinski definition) is 3. The third-order valence-corrected chi connectivity index (χ3v) is 1.67. The van der Waals surface area contributed by atoms with E-state index in [0.29, 0.717) is 17.9 Å². The monoisotopic (exact) mass is 201 g/mol. The molecule has 0 spiro atoms. The van der Waals surface area contributed by atoms with E-state index in [1.807, 2.05) is 6.08 Å². The van der Waals surface area contributed by atoms with E-state index in [0.717, 1.165) is 6.42 Å². The summed E-state index contributed by atoms with van der Waals surface area (Å²) in [6.45, 7) is 0.641. The molecule has 0 radical (unpaired) electrons. The highest BCUT2D eigenvalue weighted by Crippen LogP contribution is 2.20. The van der Waals surface area contributed by atoms with Crippen LogP contribution in [-0.4, -0.2) is 6.61 Å². The Morgan fingerprint density at radius 3 is 2.54 bits per heavy atom. The van der Waals surface area contributed by atoms with Crippen molar-refractivity contribution in [1.29, 1.82) is 0 Å². The van der Waals surface area contributed by atoms with Gasteiger partial charge in [0.1, 0.15) is 16.7 Å². The Balaban J connectivity index is 2.94. The molecule has 1 heterocycles. The predicted molar refractivity (Wildman–Crippen MR) is 52.2 cm³/mol. The summed E-state index contributed by atoms with van der Waals surface area (Å²) in [6, 6.07) is 0. The molecule has 0 unspecified atom stereocenters. The summed E-state index contributed by atoms with van der Waals surface area (Å²) in [4.78, 5) is 0. The van der Waals surface area contributed by atoms with E-state index in [9.17, 15) is 0 Å². The zero-order valence-corrected chi connectivity index (χ0v) is 7.84. The lowest BCUT2D eigenvalue weighted by Crippen LogP contribution is -2.13. The maximum absolute atomic E-state index is 5.51. The highest BCUT2D eigenvalue weighted by Gasteiger charge is 2.11. The van der Waals surface area contributed by atoms with Crippen LogP contribution in [0.25, 0.3) is 0 Å². The van der Waals surface area contributed by atoms with E-state index in [4.69, 9.17) is 33.5 Å². The lowest BCUT2D eigenvalue weighted by Gasteiger charge is -2.06. The van der Waals surface area contributed by atoms with Crippen molar-refractivity contribution < 1.29 is 4.74 Å². The van der Waals surface area contributed by atoms with Gasteiger partial charge in [0.2, 0.25) is 0 Å². The van der Waals surface area contributed by atoms with Crippen molar-refractivity contribution in [2.45, 2.75) is 6.42 Å². The molecule has 0 saturated carbocycles. The Bertz CT molecular complexity index is 286. The Morgan fingerprint density at radius 2 is 2.15 bits per heavy atom. The molecule has 5 heteroatoms. The molecule has 0 fully saturated rings. The van der Waals surface area contributed by atoms with Crippen LogP contribution in [0.1, 0.15) is 6.42 Å². The van der Waals surface area contributed by atoms with Crippen LogP contribution in [0.5, 0.6) is 0 Å². The molecule has 0 bridgehead atoms. The number of allylic oxidation sites excluding steroid dienone is 1. The lowest BCUT2D eigenvalue weighted by atomic mass is 10.2. The summed E-state index contributed by atoms with van der Waals surface area (Å²) >= 11 is 5.51. The molecule has 0 aliphatic carbocycles. The normalized spacial score (nSPS) is 16.4. The van der Waals surface area contributed by atoms with Gasteiger partial charge in [0.05, 0.1) is 12.2 Å². The molecular weight excluding hydrogens is 190 g/mol. The van der Waals surface area contributed by atoms with Crippen LogP contribution in [0.2, 0.25) is 0 Å². The standard InChI is InChI=1S/C8H12ClN3O/c9-7(10)4-5(8(11)12)6-2-1-3-13-6/h2,4H,1,3,10-12H2/b7-4-. The molecule has 0 aromatic rings. The first-order chi connectivity index (χ1) is 6.11. The highest BCUT2D eigenvalue weighted by molar-refractivity contribution is 6.29. The second-order valence-corrected chi connectivity index (χ2v) is 3.04. The molecule has 0 aromatic carbocycles. The molecule has 0 aromatic heterocycles. The van der Waals surface area contributed by atoms with Crippen molar-refractivity contribution in [3.05, 3.63) is 34.5 Å². The first-order valence-electron chi connectivity index (χ1n) is 3.82. The summed E-state index contributed by atoms with van der Waals surface area (Å²) < 4.78 is 5.26. The first-order valence-corrected chi connectivity index (χ1v) is 4.20. The fourth-order valence-electron chi connectivity index (χ4n) is 1.04. The van der Waals surface area contributed by atoms with Gasteiger partial charge in [-0.05, 0) is 12.2 Å². The molecule has 1 rings (SSSR count). The summed E-state index contributed by atoms with van der Waals surface area (Å²) in [5.74, 6) is 0.792. The lowest BCUT2D eigenvalue weighted by molar-refractivity contribution is 0.253. The second kappa shape index (κ2) is 4.09. The van der Waals surface area contributed by atoms with Gasteiger partial charge < -0.3 is 21.9 Å². The maximum Gasteiger partial charge on any atom is 0.126 e. The number of ether oxygens (including phenoxy) is 1. The predicted octanol–water partition coefficient (Wildman–Crippen LogP) is 0.459. The topological polar surface area (TPSA) is 87.3 Å². The molecular formula is C8H12ClN3O. The molecule has 72 valence electrons. The molecule has 0 amide bonds. The van der Waals surface area contributed by atoms with E-state index >= 15 is 0 Å². The fourth-order valence-corrected chi connectivity index (χ4v) is 1.15. The van der Waals surface area contributed by atoms with Gasteiger partial charge in [-0.25, -0.2) is 0 Å². The van der Waals surface area contributed by atoms with E-state index in [1.165, 1.54) is 6.08 Å². The molecule has 13 heavy (non-hydrogen) atoms. The van der Waals surface area contributed by atoms with Gasteiger partial charge in [-0.1, -0.05) is 11.6 Å². The Hall–Kier alpha value is -1.29. The van der Waals surface area contributed by atoms with Gasteiger partial charge in [-0.2, -0.15) is 0 Å². The van der Waals surface area contributed by atoms with Crippen molar-refractivity contribution in [2.24, 2.45) is 17.2 Å². The van der Waals surface area contributed by atoms with Crippen LogP contribution in [-0.2, 0) is 4.74 Å². The van der Waals surface area contributed by atoms with Gasteiger partial charge in [0.15, 0.2) is 0 Å². The largest absolute Gasteiger partial charge is 0.493 e. The quantitative estimate of drug-likeness (QED) is 0.448. The molecule has 6 N–H and O–H groups in total. The number of nitrogens with two attached hydrogens (primary N) is 3. The number of hydrogen-bond acceptors (Lipinski definition) is 4. The van der Waals surface area contributed by atoms with Gasteiger partial charge >= 0.3 is 0 Å². The summed E-state index contributed by atoms with van der Waals surface area (Å²) in [6.07, 6.45) is 4.22. The summed E-state index contributed by atoms with van der Waals surface area (Å²) in [7, 11) is 0. The van der Waals surface area contributed by atoms with Crippen LogP contribution in [0.15, 0.2) is 34.5 Å². The molecule has 1 aliphatic heterocycles. The van der Waals surface area contributed by atoms with Crippen LogP contribution < -0.4 is 17.2 Å². The smallest absolute Gasteiger partial charge is 0.126 e. The molecule has 0 saturated heterocycles.